The predicted molar refractivity (Wildman–Crippen MR) is 91.9 cm³/mol. The molecular formula is C19H22N2O2. The summed E-state index contributed by atoms with van der Waals surface area (Å²) in [7, 11) is 0. The second-order valence-electron chi connectivity index (χ2n) is 5.74. The van der Waals surface area contributed by atoms with E-state index in [1.165, 1.54) is 5.56 Å². The van der Waals surface area contributed by atoms with E-state index < -0.39 is 0 Å². The van der Waals surface area contributed by atoms with Crippen LogP contribution in [-0.4, -0.2) is 30.6 Å². The Morgan fingerprint density at radius 3 is 2.61 bits per heavy atom. The minimum absolute atomic E-state index is 0.0241. The van der Waals surface area contributed by atoms with Gasteiger partial charge in [-0.25, -0.2) is 4.79 Å². The molecule has 1 fully saturated rings. The molecule has 0 bridgehead atoms. The van der Waals surface area contributed by atoms with Crippen molar-refractivity contribution in [2.24, 2.45) is 0 Å². The van der Waals surface area contributed by atoms with Gasteiger partial charge >= 0.3 is 6.03 Å². The predicted octanol–water partition coefficient (Wildman–Crippen LogP) is 3.94. The highest BCUT2D eigenvalue weighted by Gasteiger charge is 2.17. The molecule has 4 nitrogen and oxygen atoms in total. The molecule has 1 saturated heterocycles. The lowest BCUT2D eigenvalue weighted by Crippen LogP contribution is -2.32. The molecule has 0 atom stereocenters. The van der Waals surface area contributed by atoms with E-state index >= 15 is 0 Å². The summed E-state index contributed by atoms with van der Waals surface area (Å²) in [6, 6.07) is 17.8. The summed E-state index contributed by atoms with van der Waals surface area (Å²) in [6.45, 7) is 2.31. The summed E-state index contributed by atoms with van der Waals surface area (Å²) in [5.74, 6) is 0.778. The van der Waals surface area contributed by atoms with E-state index in [0.29, 0.717) is 6.61 Å². The lowest BCUT2D eigenvalue weighted by Gasteiger charge is -2.16. The fourth-order valence-corrected chi connectivity index (χ4v) is 2.72. The van der Waals surface area contributed by atoms with Gasteiger partial charge in [0.25, 0.3) is 0 Å². The minimum Gasteiger partial charge on any atom is -0.493 e. The highest BCUT2D eigenvalue weighted by molar-refractivity contribution is 5.89. The molecule has 4 heteroatoms. The molecule has 0 aromatic heterocycles. The fraction of sp³-hybridized carbons (Fsp3) is 0.316. The van der Waals surface area contributed by atoms with E-state index in [9.17, 15) is 4.79 Å². The maximum absolute atomic E-state index is 12.1. The molecule has 2 amide bonds. The Balaban J connectivity index is 1.51. The van der Waals surface area contributed by atoms with Crippen LogP contribution in [0.4, 0.5) is 10.5 Å². The number of amides is 2. The van der Waals surface area contributed by atoms with Crippen molar-refractivity contribution >= 4 is 11.7 Å². The molecule has 2 aromatic rings. The molecule has 1 N–H and O–H groups in total. The van der Waals surface area contributed by atoms with Crippen molar-refractivity contribution in [1.29, 1.82) is 0 Å². The highest BCUT2D eigenvalue weighted by atomic mass is 16.5. The van der Waals surface area contributed by atoms with Crippen molar-refractivity contribution in [2.75, 3.05) is 25.0 Å². The maximum Gasteiger partial charge on any atom is 0.321 e. The number of hydrogen-bond donors (Lipinski definition) is 1. The summed E-state index contributed by atoms with van der Waals surface area (Å²) < 4.78 is 5.79. The second-order valence-corrected chi connectivity index (χ2v) is 5.74. The first kappa shape index (κ1) is 15.4. The van der Waals surface area contributed by atoms with Crippen molar-refractivity contribution in [3.8, 4) is 5.75 Å². The number of anilines is 1. The van der Waals surface area contributed by atoms with Crippen LogP contribution in [0.25, 0.3) is 0 Å². The molecule has 0 saturated carbocycles. The first-order chi connectivity index (χ1) is 11.3. The Morgan fingerprint density at radius 2 is 1.83 bits per heavy atom. The van der Waals surface area contributed by atoms with Crippen LogP contribution in [0.1, 0.15) is 18.4 Å². The van der Waals surface area contributed by atoms with Gasteiger partial charge in [-0.1, -0.05) is 36.4 Å². The summed E-state index contributed by atoms with van der Waals surface area (Å²) >= 11 is 0. The molecule has 3 rings (SSSR count). The Morgan fingerprint density at radius 1 is 1.04 bits per heavy atom. The zero-order valence-electron chi connectivity index (χ0n) is 13.2. The van der Waals surface area contributed by atoms with Gasteiger partial charge in [0.1, 0.15) is 5.75 Å². The largest absolute Gasteiger partial charge is 0.493 e. The number of nitrogens with zero attached hydrogens (tertiary/aromatic N) is 1. The monoisotopic (exact) mass is 310 g/mol. The van der Waals surface area contributed by atoms with Gasteiger partial charge < -0.3 is 15.0 Å². The van der Waals surface area contributed by atoms with Crippen LogP contribution in [0.3, 0.4) is 0 Å². The fourth-order valence-electron chi connectivity index (χ4n) is 2.72. The average molecular weight is 310 g/mol. The topological polar surface area (TPSA) is 41.6 Å². The number of rotatable bonds is 5. The number of urea groups is 1. The Kier molecular flexibility index (Phi) is 5.14. The minimum atomic E-state index is -0.0241. The van der Waals surface area contributed by atoms with Crippen molar-refractivity contribution in [1.82, 2.24) is 4.90 Å². The first-order valence-electron chi connectivity index (χ1n) is 8.14. The van der Waals surface area contributed by atoms with E-state index in [0.717, 1.165) is 43.8 Å². The van der Waals surface area contributed by atoms with E-state index in [-0.39, 0.29) is 6.03 Å². The van der Waals surface area contributed by atoms with Gasteiger partial charge in [0.2, 0.25) is 0 Å². The Hall–Kier alpha value is -2.49. The van der Waals surface area contributed by atoms with Gasteiger partial charge in [0, 0.05) is 31.3 Å². The van der Waals surface area contributed by atoms with Gasteiger partial charge in [0.15, 0.2) is 0 Å². The third kappa shape index (κ3) is 4.49. The average Bonchev–Trinajstić information content (AvgIpc) is 3.11. The maximum atomic E-state index is 12.1. The molecule has 0 radical (unpaired) electrons. The smallest absolute Gasteiger partial charge is 0.321 e. The van der Waals surface area contributed by atoms with Crippen LogP contribution in [0, 0.1) is 0 Å². The van der Waals surface area contributed by atoms with Crippen LogP contribution < -0.4 is 10.1 Å². The Bertz CT molecular complexity index is 637. The molecule has 1 aliphatic rings. The second kappa shape index (κ2) is 7.68. The number of hydrogen-bond acceptors (Lipinski definition) is 2. The van der Waals surface area contributed by atoms with E-state index in [4.69, 9.17) is 4.74 Å². The number of benzene rings is 2. The molecule has 0 spiro atoms. The number of carbonyl (C=O) groups excluding carboxylic acids is 1. The zero-order valence-corrected chi connectivity index (χ0v) is 13.2. The molecule has 120 valence electrons. The van der Waals surface area contributed by atoms with E-state index in [2.05, 4.69) is 17.4 Å². The van der Waals surface area contributed by atoms with Gasteiger partial charge in [-0.15, -0.1) is 0 Å². The standard InChI is InChI=1S/C19H22N2O2/c22-19(21-12-4-5-13-21)20-17-9-6-10-18(15-17)23-14-11-16-7-2-1-3-8-16/h1-3,6-10,15H,4-5,11-14H2,(H,20,22). The number of ether oxygens (including phenoxy) is 1. The lowest BCUT2D eigenvalue weighted by molar-refractivity contribution is 0.222. The van der Waals surface area contributed by atoms with Crippen LogP contribution in [-0.2, 0) is 6.42 Å². The van der Waals surface area contributed by atoms with Crippen molar-refractivity contribution in [2.45, 2.75) is 19.3 Å². The van der Waals surface area contributed by atoms with Crippen molar-refractivity contribution in [3.63, 3.8) is 0 Å². The van der Waals surface area contributed by atoms with Crippen LogP contribution >= 0.6 is 0 Å². The van der Waals surface area contributed by atoms with E-state index in [1.807, 2.05) is 47.4 Å². The summed E-state index contributed by atoms with van der Waals surface area (Å²) in [5, 5.41) is 2.94. The zero-order chi connectivity index (χ0) is 15.9. The normalized spacial score (nSPS) is 13.8. The van der Waals surface area contributed by atoms with Gasteiger partial charge in [-0.3, -0.25) is 0 Å². The number of nitrogens with one attached hydrogen (secondary N) is 1. The number of carbonyl (C=O) groups is 1. The van der Waals surface area contributed by atoms with Gasteiger partial charge in [-0.05, 0) is 30.5 Å². The summed E-state index contributed by atoms with van der Waals surface area (Å²) in [5.41, 5.74) is 2.03. The molecule has 1 heterocycles. The molecular weight excluding hydrogens is 288 g/mol. The first-order valence-corrected chi connectivity index (χ1v) is 8.14. The van der Waals surface area contributed by atoms with Crippen LogP contribution in [0.5, 0.6) is 5.75 Å². The lowest BCUT2D eigenvalue weighted by atomic mass is 10.2. The highest BCUT2D eigenvalue weighted by Crippen LogP contribution is 2.19. The summed E-state index contributed by atoms with van der Waals surface area (Å²) in [6.07, 6.45) is 3.05. The molecule has 0 aliphatic carbocycles. The van der Waals surface area contributed by atoms with Crippen LogP contribution in [0.2, 0.25) is 0 Å². The quantitative estimate of drug-likeness (QED) is 0.909. The van der Waals surface area contributed by atoms with Gasteiger partial charge in [0.05, 0.1) is 6.61 Å². The molecule has 23 heavy (non-hydrogen) atoms. The van der Waals surface area contributed by atoms with Crippen molar-refractivity contribution in [3.05, 3.63) is 60.2 Å². The SMILES string of the molecule is O=C(Nc1cccc(OCCc2ccccc2)c1)N1CCCC1. The van der Waals surface area contributed by atoms with Crippen LogP contribution in [0.15, 0.2) is 54.6 Å². The van der Waals surface area contributed by atoms with Crippen molar-refractivity contribution < 1.29 is 9.53 Å². The third-order valence-corrected chi connectivity index (χ3v) is 3.98. The Labute approximate surface area is 137 Å². The third-order valence-electron chi connectivity index (χ3n) is 3.98. The molecule has 2 aromatic carbocycles. The number of likely N-dealkylation sites (tertiary alicyclic amines) is 1. The summed E-state index contributed by atoms with van der Waals surface area (Å²) in [4.78, 5) is 13.9. The molecule has 1 aliphatic heterocycles. The van der Waals surface area contributed by atoms with E-state index in [1.54, 1.807) is 0 Å². The van der Waals surface area contributed by atoms with Gasteiger partial charge in [-0.2, -0.15) is 0 Å². The molecule has 0 unspecified atom stereocenters.